The molecule has 0 spiro atoms. The fourth-order valence-corrected chi connectivity index (χ4v) is 2.63. The molecule has 1 amide bonds. The van der Waals surface area contributed by atoms with Crippen molar-refractivity contribution < 1.29 is 14.7 Å². The molecular weight excluding hydrogens is 348 g/mol. The number of carbonyl (C=O) groups excluding carboxylic acids is 1. The molecule has 0 radical (unpaired) electrons. The summed E-state index contributed by atoms with van der Waals surface area (Å²) in [5, 5.41) is 8.89. The normalized spacial score (nSPS) is 10.5. The Labute approximate surface area is 137 Å². The minimum atomic E-state index is -0.918. The zero-order valence-corrected chi connectivity index (χ0v) is 13.8. The maximum absolute atomic E-state index is 12.6. The number of carboxylic acids is 1. The van der Waals surface area contributed by atoms with Crippen LogP contribution in [-0.4, -0.2) is 33.0 Å². The Morgan fingerprint density at radius 1 is 1.27 bits per heavy atom. The van der Waals surface area contributed by atoms with E-state index in [1.165, 1.54) is 0 Å². The Kier molecular flexibility index (Phi) is 5.38. The van der Waals surface area contributed by atoms with Crippen LogP contribution >= 0.6 is 15.9 Å². The lowest BCUT2D eigenvalue weighted by Crippen LogP contribution is -2.33. The molecule has 1 heterocycles. The second kappa shape index (κ2) is 7.26. The van der Waals surface area contributed by atoms with Gasteiger partial charge in [0, 0.05) is 30.8 Å². The van der Waals surface area contributed by atoms with Crippen molar-refractivity contribution in [2.45, 2.75) is 13.0 Å². The first-order valence-electron chi connectivity index (χ1n) is 6.84. The molecule has 0 unspecified atom stereocenters. The molecule has 2 rings (SSSR count). The highest BCUT2D eigenvalue weighted by Gasteiger charge is 2.19. The first-order valence-corrected chi connectivity index (χ1v) is 7.63. The van der Waals surface area contributed by atoms with Gasteiger partial charge in [0.05, 0.1) is 6.42 Å². The summed E-state index contributed by atoms with van der Waals surface area (Å²) in [7, 11) is 1.79. The maximum atomic E-state index is 12.6. The number of nitrogens with zero attached hydrogens (tertiary/aromatic N) is 2. The molecule has 0 fully saturated rings. The average molecular weight is 365 g/mol. The lowest BCUT2D eigenvalue weighted by Gasteiger charge is -2.22. The number of amides is 1. The minimum absolute atomic E-state index is 0.0792. The minimum Gasteiger partial charge on any atom is -0.481 e. The monoisotopic (exact) mass is 364 g/mol. The van der Waals surface area contributed by atoms with E-state index in [1.807, 2.05) is 24.3 Å². The Morgan fingerprint density at radius 3 is 2.64 bits per heavy atom. The predicted molar refractivity (Wildman–Crippen MR) is 86.5 cm³/mol. The average Bonchev–Trinajstić information content (AvgIpc) is 2.88. The largest absolute Gasteiger partial charge is 0.481 e. The van der Waals surface area contributed by atoms with E-state index in [0.29, 0.717) is 12.2 Å². The van der Waals surface area contributed by atoms with Crippen LogP contribution in [0.4, 0.5) is 0 Å². The van der Waals surface area contributed by atoms with Crippen LogP contribution in [0.3, 0.4) is 0 Å². The number of rotatable bonds is 6. The van der Waals surface area contributed by atoms with Crippen molar-refractivity contribution >= 4 is 27.8 Å². The van der Waals surface area contributed by atoms with E-state index in [1.54, 1.807) is 34.8 Å². The lowest BCUT2D eigenvalue weighted by atomic mass is 10.2. The molecule has 0 aliphatic rings. The summed E-state index contributed by atoms with van der Waals surface area (Å²) >= 11 is 3.40. The maximum Gasteiger partial charge on any atom is 0.305 e. The van der Waals surface area contributed by atoms with Gasteiger partial charge >= 0.3 is 5.97 Å². The number of halogens is 1. The second-order valence-electron chi connectivity index (χ2n) is 5.00. The highest BCUT2D eigenvalue weighted by atomic mass is 79.9. The Morgan fingerprint density at radius 2 is 2.05 bits per heavy atom. The molecule has 0 aliphatic heterocycles. The van der Waals surface area contributed by atoms with E-state index in [4.69, 9.17) is 5.11 Å². The van der Waals surface area contributed by atoms with Crippen molar-refractivity contribution in [2.24, 2.45) is 7.05 Å². The van der Waals surface area contributed by atoms with E-state index in [2.05, 4.69) is 15.9 Å². The SMILES string of the molecule is Cn1cccc1C(=O)N(CCC(=O)O)Cc1cccc(Br)c1. The summed E-state index contributed by atoms with van der Waals surface area (Å²) in [4.78, 5) is 25.0. The van der Waals surface area contributed by atoms with Crippen LogP contribution in [0.1, 0.15) is 22.5 Å². The van der Waals surface area contributed by atoms with Gasteiger partial charge in [-0.15, -0.1) is 0 Å². The van der Waals surface area contributed by atoms with Crippen molar-refractivity contribution in [1.29, 1.82) is 0 Å². The van der Waals surface area contributed by atoms with E-state index < -0.39 is 5.97 Å². The molecule has 5 nitrogen and oxygen atoms in total. The van der Waals surface area contributed by atoms with Crippen molar-refractivity contribution in [3.05, 3.63) is 58.3 Å². The number of carbonyl (C=O) groups is 2. The molecule has 0 bridgehead atoms. The van der Waals surface area contributed by atoms with Crippen LogP contribution in [0.15, 0.2) is 47.1 Å². The van der Waals surface area contributed by atoms with Crippen molar-refractivity contribution in [1.82, 2.24) is 9.47 Å². The van der Waals surface area contributed by atoms with E-state index in [9.17, 15) is 9.59 Å². The summed E-state index contributed by atoms with van der Waals surface area (Å²) in [6, 6.07) is 11.2. The molecule has 6 heteroatoms. The number of hydrogen-bond acceptors (Lipinski definition) is 2. The highest BCUT2D eigenvalue weighted by molar-refractivity contribution is 9.10. The molecule has 0 saturated heterocycles. The quantitative estimate of drug-likeness (QED) is 0.856. The first-order chi connectivity index (χ1) is 10.5. The summed E-state index contributed by atoms with van der Waals surface area (Å²) in [5.74, 6) is -1.09. The third kappa shape index (κ3) is 4.21. The van der Waals surface area contributed by atoms with Crippen LogP contribution in [0.2, 0.25) is 0 Å². The molecule has 2 aromatic rings. The molecule has 1 aromatic carbocycles. The van der Waals surface area contributed by atoms with E-state index in [-0.39, 0.29) is 18.9 Å². The predicted octanol–water partition coefficient (Wildman–Crippen LogP) is 2.90. The number of hydrogen-bond donors (Lipinski definition) is 1. The smallest absolute Gasteiger partial charge is 0.305 e. The second-order valence-corrected chi connectivity index (χ2v) is 5.92. The van der Waals surface area contributed by atoms with Gasteiger partial charge in [0.1, 0.15) is 5.69 Å². The number of aromatic nitrogens is 1. The zero-order chi connectivity index (χ0) is 16.1. The summed E-state index contributed by atoms with van der Waals surface area (Å²) in [6.07, 6.45) is 1.71. The fraction of sp³-hybridized carbons (Fsp3) is 0.250. The van der Waals surface area contributed by atoms with E-state index in [0.717, 1.165) is 10.0 Å². The summed E-state index contributed by atoms with van der Waals surface area (Å²) in [6.45, 7) is 0.544. The van der Waals surface area contributed by atoms with Crippen LogP contribution in [0, 0.1) is 0 Å². The molecule has 0 aliphatic carbocycles. The van der Waals surface area contributed by atoms with Gasteiger partial charge in [0.2, 0.25) is 0 Å². The van der Waals surface area contributed by atoms with Gasteiger partial charge in [-0.25, -0.2) is 0 Å². The van der Waals surface area contributed by atoms with Gasteiger partial charge in [0.25, 0.3) is 5.91 Å². The molecular formula is C16H17BrN2O3. The van der Waals surface area contributed by atoms with Gasteiger partial charge in [-0.3, -0.25) is 9.59 Å². The van der Waals surface area contributed by atoms with Crippen LogP contribution in [0.25, 0.3) is 0 Å². The van der Waals surface area contributed by atoms with Crippen molar-refractivity contribution in [3.63, 3.8) is 0 Å². The number of benzene rings is 1. The Balaban J connectivity index is 2.20. The lowest BCUT2D eigenvalue weighted by molar-refractivity contribution is -0.137. The molecule has 1 N–H and O–H groups in total. The van der Waals surface area contributed by atoms with Gasteiger partial charge in [-0.05, 0) is 29.8 Å². The van der Waals surface area contributed by atoms with Crippen LogP contribution in [-0.2, 0) is 18.4 Å². The number of aliphatic carboxylic acids is 1. The van der Waals surface area contributed by atoms with Crippen LogP contribution in [0.5, 0.6) is 0 Å². The highest BCUT2D eigenvalue weighted by Crippen LogP contribution is 2.15. The van der Waals surface area contributed by atoms with Crippen LogP contribution < -0.4 is 0 Å². The summed E-state index contributed by atoms with van der Waals surface area (Å²) in [5.41, 5.74) is 1.49. The first kappa shape index (κ1) is 16.3. The standard InChI is InChI=1S/C16H17BrN2O3/c1-18-8-3-6-14(18)16(22)19(9-7-15(20)21)11-12-4-2-5-13(17)10-12/h2-6,8,10H,7,9,11H2,1H3,(H,20,21). The third-order valence-corrected chi connectivity index (χ3v) is 3.80. The number of carboxylic acid groups (broad SMARTS) is 1. The fourth-order valence-electron chi connectivity index (χ4n) is 2.18. The zero-order valence-electron chi connectivity index (χ0n) is 12.2. The van der Waals surface area contributed by atoms with Gasteiger partial charge in [-0.2, -0.15) is 0 Å². The molecule has 0 atom stereocenters. The van der Waals surface area contributed by atoms with E-state index >= 15 is 0 Å². The van der Waals surface area contributed by atoms with Gasteiger partial charge in [0.15, 0.2) is 0 Å². The topological polar surface area (TPSA) is 62.5 Å². The van der Waals surface area contributed by atoms with Gasteiger partial charge in [-0.1, -0.05) is 28.1 Å². The molecule has 22 heavy (non-hydrogen) atoms. The van der Waals surface area contributed by atoms with Crippen molar-refractivity contribution in [2.75, 3.05) is 6.54 Å². The van der Waals surface area contributed by atoms with Gasteiger partial charge < -0.3 is 14.6 Å². The molecule has 116 valence electrons. The molecule has 1 aromatic heterocycles. The van der Waals surface area contributed by atoms with Crippen molar-refractivity contribution in [3.8, 4) is 0 Å². The molecule has 0 saturated carbocycles. The Bertz CT molecular complexity index is 682. The Hall–Kier alpha value is -2.08. The number of aryl methyl sites for hydroxylation is 1. The summed E-state index contributed by atoms with van der Waals surface area (Å²) < 4.78 is 2.66. The third-order valence-electron chi connectivity index (χ3n) is 3.31.